The van der Waals surface area contributed by atoms with Gasteiger partial charge in [-0.15, -0.1) is 0 Å². The van der Waals surface area contributed by atoms with Gasteiger partial charge >= 0.3 is 5.69 Å². The quantitative estimate of drug-likeness (QED) is 0.529. The summed E-state index contributed by atoms with van der Waals surface area (Å²) < 4.78 is 27.3. The van der Waals surface area contributed by atoms with Crippen LogP contribution in [0.3, 0.4) is 0 Å². The van der Waals surface area contributed by atoms with Crippen LogP contribution in [-0.4, -0.2) is 38.5 Å². The zero-order valence-corrected chi connectivity index (χ0v) is 16.7. The van der Waals surface area contributed by atoms with Crippen molar-refractivity contribution in [3.05, 3.63) is 77.0 Å². The van der Waals surface area contributed by atoms with E-state index in [1.54, 1.807) is 36.9 Å². The molecule has 3 heterocycles. The lowest BCUT2D eigenvalue weighted by molar-refractivity contribution is 0.399. The fourth-order valence-electron chi connectivity index (χ4n) is 3.30. The normalized spacial score (nSPS) is 12.0. The third-order valence-electron chi connectivity index (χ3n) is 4.93. The fourth-order valence-corrected chi connectivity index (χ4v) is 3.30. The second kappa shape index (κ2) is 7.86. The summed E-state index contributed by atoms with van der Waals surface area (Å²) in [6, 6.07) is 7.53. The minimum absolute atomic E-state index is 0.309. The standard InChI is InChI=1S/C21H20FN5O3/c1-13(14-8-16(22)10-17(9-14)29-2)26-6-7-27(21(26)28)19-5-4-18(20(25-19)30-3)15-11-23-24-12-15/h4-13H,1-3H3,(H,23,24). The highest BCUT2D eigenvalue weighted by Crippen LogP contribution is 2.28. The van der Waals surface area contributed by atoms with Crippen molar-refractivity contribution in [2.75, 3.05) is 14.2 Å². The third-order valence-corrected chi connectivity index (χ3v) is 4.93. The first-order valence-electron chi connectivity index (χ1n) is 9.20. The highest BCUT2D eigenvalue weighted by Gasteiger charge is 2.17. The van der Waals surface area contributed by atoms with E-state index >= 15 is 0 Å². The Hall–Kier alpha value is -3.88. The molecule has 9 heteroatoms. The maximum atomic E-state index is 13.9. The molecule has 0 aliphatic rings. The molecule has 0 saturated carbocycles. The number of imidazole rings is 1. The molecule has 1 unspecified atom stereocenters. The van der Waals surface area contributed by atoms with E-state index in [1.807, 2.05) is 13.0 Å². The smallest absolute Gasteiger partial charge is 0.334 e. The summed E-state index contributed by atoms with van der Waals surface area (Å²) in [5.74, 6) is 0.749. The van der Waals surface area contributed by atoms with Crippen LogP contribution in [0, 0.1) is 5.82 Å². The summed E-state index contributed by atoms with van der Waals surface area (Å²) >= 11 is 0. The summed E-state index contributed by atoms with van der Waals surface area (Å²) in [7, 11) is 2.99. The molecule has 8 nitrogen and oxygen atoms in total. The van der Waals surface area contributed by atoms with Crippen LogP contribution in [0.1, 0.15) is 18.5 Å². The van der Waals surface area contributed by atoms with Crippen molar-refractivity contribution >= 4 is 0 Å². The molecule has 4 rings (SSSR count). The molecule has 154 valence electrons. The molecule has 0 amide bonds. The average Bonchev–Trinajstić information content (AvgIpc) is 3.42. The number of ether oxygens (including phenoxy) is 2. The van der Waals surface area contributed by atoms with Gasteiger partial charge in [-0.05, 0) is 36.8 Å². The molecule has 0 aliphatic carbocycles. The number of nitrogens with one attached hydrogen (secondary N) is 1. The number of benzene rings is 1. The number of halogens is 1. The van der Waals surface area contributed by atoms with Gasteiger partial charge in [0.1, 0.15) is 17.4 Å². The second-order valence-electron chi connectivity index (χ2n) is 6.67. The van der Waals surface area contributed by atoms with Gasteiger partial charge in [0.25, 0.3) is 0 Å². The molecule has 0 saturated heterocycles. The number of methoxy groups -OCH3 is 2. The van der Waals surface area contributed by atoms with Crippen LogP contribution >= 0.6 is 0 Å². The number of hydrogen-bond donors (Lipinski definition) is 1. The molecule has 0 aliphatic heterocycles. The fraction of sp³-hybridized carbons (Fsp3) is 0.190. The van der Waals surface area contributed by atoms with Crippen molar-refractivity contribution < 1.29 is 13.9 Å². The number of aromatic nitrogens is 5. The number of aromatic amines is 1. The van der Waals surface area contributed by atoms with Gasteiger partial charge in [0.2, 0.25) is 5.88 Å². The first-order valence-corrected chi connectivity index (χ1v) is 9.20. The highest BCUT2D eigenvalue weighted by atomic mass is 19.1. The van der Waals surface area contributed by atoms with Crippen molar-refractivity contribution in [1.29, 1.82) is 0 Å². The van der Waals surface area contributed by atoms with E-state index in [1.165, 1.54) is 35.5 Å². The summed E-state index contributed by atoms with van der Waals surface area (Å²) in [4.78, 5) is 17.5. The first-order chi connectivity index (χ1) is 14.5. The minimum atomic E-state index is -0.426. The van der Waals surface area contributed by atoms with Crippen molar-refractivity contribution in [2.45, 2.75) is 13.0 Å². The highest BCUT2D eigenvalue weighted by molar-refractivity contribution is 5.67. The topological polar surface area (TPSA) is 87.0 Å². The molecule has 0 fully saturated rings. The van der Waals surface area contributed by atoms with Crippen LogP contribution in [0.4, 0.5) is 4.39 Å². The van der Waals surface area contributed by atoms with Gasteiger partial charge in [0.15, 0.2) is 0 Å². The van der Waals surface area contributed by atoms with E-state index in [0.717, 1.165) is 11.1 Å². The maximum Gasteiger partial charge on any atom is 0.334 e. The van der Waals surface area contributed by atoms with Crippen molar-refractivity contribution in [2.24, 2.45) is 0 Å². The molecule has 0 bridgehead atoms. The van der Waals surface area contributed by atoms with Crippen LogP contribution in [0.5, 0.6) is 11.6 Å². The maximum absolute atomic E-state index is 13.9. The van der Waals surface area contributed by atoms with E-state index in [9.17, 15) is 9.18 Å². The van der Waals surface area contributed by atoms with Crippen LogP contribution in [-0.2, 0) is 0 Å². The Kier molecular flexibility index (Phi) is 5.09. The van der Waals surface area contributed by atoms with Crippen LogP contribution < -0.4 is 15.2 Å². The Morgan fingerprint density at radius 2 is 1.97 bits per heavy atom. The largest absolute Gasteiger partial charge is 0.497 e. The molecular formula is C21H20FN5O3. The molecule has 4 aromatic rings. The SMILES string of the molecule is COc1cc(F)cc(C(C)n2ccn(-c3ccc(-c4cn[nH]c4)c(OC)n3)c2=O)c1. The van der Waals surface area contributed by atoms with Gasteiger partial charge in [0, 0.05) is 35.8 Å². The van der Waals surface area contributed by atoms with Crippen LogP contribution in [0.25, 0.3) is 16.9 Å². The molecule has 0 radical (unpaired) electrons. The number of rotatable bonds is 6. The van der Waals surface area contributed by atoms with Gasteiger partial charge in [-0.1, -0.05) is 0 Å². The Balaban J connectivity index is 1.72. The Labute approximate surface area is 171 Å². The van der Waals surface area contributed by atoms with Gasteiger partial charge in [-0.2, -0.15) is 10.1 Å². The number of H-pyrrole nitrogens is 1. The van der Waals surface area contributed by atoms with E-state index in [-0.39, 0.29) is 5.69 Å². The molecule has 30 heavy (non-hydrogen) atoms. The lowest BCUT2D eigenvalue weighted by Crippen LogP contribution is -2.26. The first kappa shape index (κ1) is 19.4. The number of nitrogens with zero attached hydrogens (tertiary/aromatic N) is 4. The Morgan fingerprint density at radius 3 is 2.67 bits per heavy atom. The van der Waals surface area contributed by atoms with Crippen molar-refractivity contribution in [3.8, 4) is 28.6 Å². The van der Waals surface area contributed by atoms with Gasteiger partial charge in [-0.25, -0.2) is 9.18 Å². The lowest BCUT2D eigenvalue weighted by atomic mass is 10.1. The second-order valence-corrected chi connectivity index (χ2v) is 6.67. The zero-order chi connectivity index (χ0) is 21.3. The summed E-state index contributed by atoms with van der Waals surface area (Å²) in [5, 5.41) is 6.69. The summed E-state index contributed by atoms with van der Waals surface area (Å²) in [5.41, 5.74) is 1.89. The van der Waals surface area contributed by atoms with E-state index in [2.05, 4.69) is 15.2 Å². The molecule has 1 N–H and O–H groups in total. The Bertz CT molecular complexity index is 1230. The summed E-state index contributed by atoms with van der Waals surface area (Å²) in [6.07, 6.45) is 6.66. The van der Waals surface area contributed by atoms with Gasteiger partial charge in [-0.3, -0.25) is 14.2 Å². The Morgan fingerprint density at radius 1 is 1.13 bits per heavy atom. The molecule has 1 atom stereocenters. The predicted molar refractivity (Wildman–Crippen MR) is 109 cm³/mol. The monoisotopic (exact) mass is 409 g/mol. The lowest BCUT2D eigenvalue weighted by Gasteiger charge is -2.14. The average molecular weight is 409 g/mol. The predicted octanol–water partition coefficient (Wildman–Crippen LogP) is 3.19. The number of pyridine rings is 1. The minimum Gasteiger partial charge on any atom is -0.497 e. The number of hydrogen-bond acceptors (Lipinski definition) is 5. The van der Waals surface area contributed by atoms with Crippen LogP contribution in [0.15, 0.2) is 59.9 Å². The van der Waals surface area contributed by atoms with Crippen LogP contribution in [0.2, 0.25) is 0 Å². The third kappa shape index (κ3) is 3.45. The van der Waals surface area contributed by atoms with Crippen molar-refractivity contribution in [1.82, 2.24) is 24.3 Å². The van der Waals surface area contributed by atoms with E-state index < -0.39 is 11.9 Å². The van der Waals surface area contributed by atoms with Crippen molar-refractivity contribution in [3.63, 3.8) is 0 Å². The molecule has 1 aromatic carbocycles. The van der Waals surface area contributed by atoms with Gasteiger partial charge in [0.05, 0.1) is 26.5 Å². The summed E-state index contributed by atoms with van der Waals surface area (Å²) in [6.45, 7) is 1.82. The molecule has 0 spiro atoms. The molecule has 3 aromatic heterocycles. The zero-order valence-electron chi connectivity index (χ0n) is 16.7. The molecular weight excluding hydrogens is 389 g/mol. The van der Waals surface area contributed by atoms with E-state index in [0.29, 0.717) is 23.0 Å². The van der Waals surface area contributed by atoms with Gasteiger partial charge < -0.3 is 9.47 Å². The van der Waals surface area contributed by atoms with E-state index in [4.69, 9.17) is 9.47 Å².